The number of aromatic carboxylic acids is 1. The van der Waals surface area contributed by atoms with Gasteiger partial charge in [-0.1, -0.05) is 41.9 Å². The van der Waals surface area contributed by atoms with Gasteiger partial charge in [0.15, 0.2) is 0 Å². The Kier molecular flexibility index (Phi) is 4.86. The van der Waals surface area contributed by atoms with E-state index in [4.69, 9.17) is 21.4 Å². The summed E-state index contributed by atoms with van der Waals surface area (Å²) in [6.07, 6.45) is 1.65. The van der Waals surface area contributed by atoms with Crippen molar-refractivity contribution >= 4 is 40.2 Å². The first kappa shape index (κ1) is 16.8. The molecule has 0 aliphatic heterocycles. The zero-order valence-corrected chi connectivity index (χ0v) is 14.1. The fraction of sp³-hybridized carbons (Fsp3) is 0.0526. The van der Waals surface area contributed by atoms with E-state index in [0.717, 1.165) is 16.3 Å². The van der Waals surface area contributed by atoms with Gasteiger partial charge in [0, 0.05) is 5.56 Å². The minimum absolute atomic E-state index is 0.0182. The number of nitrogens with one attached hydrogen (secondary N) is 1. The zero-order chi connectivity index (χ0) is 17.8. The molecule has 0 unspecified atom stereocenters. The number of hydrogen-bond acceptors (Lipinski definition) is 4. The van der Waals surface area contributed by atoms with Gasteiger partial charge in [-0.15, -0.1) is 0 Å². The van der Waals surface area contributed by atoms with Crippen LogP contribution in [0.25, 0.3) is 10.8 Å². The van der Waals surface area contributed by atoms with Crippen molar-refractivity contribution in [1.82, 2.24) is 0 Å². The number of nitrogens with zero attached hydrogens (tertiary/aromatic N) is 1. The number of halogens is 1. The lowest BCUT2D eigenvalue weighted by Gasteiger charge is -2.08. The molecule has 5 nitrogen and oxygen atoms in total. The van der Waals surface area contributed by atoms with Gasteiger partial charge in [-0.05, 0) is 35.0 Å². The van der Waals surface area contributed by atoms with Crippen LogP contribution in [-0.4, -0.2) is 24.4 Å². The number of ether oxygens (including phenoxy) is 1. The molecule has 0 atom stereocenters. The summed E-state index contributed by atoms with van der Waals surface area (Å²) in [6, 6.07) is 16.4. The van der Waals surface area contributed by atoms with Crippen LogP contribution in [0.5, 0.6) is 5.75 Å². The summed E-state index contributed by atoms with van der Waals surface area (Å²) in [5.74, 6) is -0.389. The SMILES string of the molecule is COc1ccc2ccccc2c1/C=N\Nc1ccc(Cl)c(C(=O)O)c1. The van der Waals surface area contributed by atoms with Crippen LogP contribution in [0.1, 0.15) is 15.9 Å². The number of carbonyl (C=O) groups is 1. The minimum Gasteiger partial charge on any atom is -0.496 e. The largest absolute Gasteiger partial charge is 0.496 e. The molecule has 0 aliphatic rings. The first-order valence-electron chi connectivity index (χ1n) is 7.48. The lowest BCUT2D eigenvalue weighted by molar-refractivity contribution is 0.0697. The summed E-state index contributed by atoms with van der Waals surface area (Å²) in [7, 11) is 1.60. The summed E-state index contributed by atoms with van der Waals surface area (Å²) < 4.78 is 5.41. The van der Waals surface area contributed by atoms with Crippen LogP contribution in [0.3, 0.4) is 0 Å². The summed E-state index contributed by atoms with van der Waals surface area (Å²) in [4.78, 5) is 11.1. The van der Waals surface area contributed by atoms with Gasteiger partial charge in [0.25, 0.3) is 0 Å². The van der Waals surface area contributed by atoms with Gasteiger partial charge < -0.3 is 9.84 Å². The van der Waals surface area contributed by atoms with Gasteiger partial charge in [0.1, 0.15) is 5.75 Å². The van der Waals surface area contributed by atoms with E-state index in [0.29, 0.717) is 11.4 Å². The van der Waals surface area contributed by atoms with E-state index in [9.17, 15) is 4.79 Å². The maximum atomic E-state index is 11.1. The van der Waals surface area contributed by atoms with E-state index in [1.807, 2.05) is 36.4 Å². The van der Waals surface area contributed by atoms with Crippen molar-refractivity contribution in [3.63, 3.8) is 0 Å². The highest BCUT2D eigenvalue weighted by Crippen LogP contribution is 2.26. The first-order valence-corrected chi connectivity index (χ1v) is 7.85. The van der Waals surface area contributed by atoms with E-state index in [1.54, 1.807) is 19.4 Å². The molecule has 0 aromatic heterocycles. The van der Waals surface area contributed by atoms with Crippen molar-refractivity contribution in [2.45, 2.75) is 0 Å². The topological polar surface area (TPSA) is 70.9 Å². The second-order valence-corrected chi connectivity index (χ2v) is 5.68. The first-order chi connectivity index (χ1) is 12.1. The predicted molar refractivity (Wildman–Crippen MR) is 100 cm³/mol. The fourth-order valence-corrected chi connectivity index (χ4v) is 2.72. The molecule has 3 aromatic carbocycles. The van der Waals surface area contributed by atoms with Gasteiger partial charge in [0.05, 0.1) is 29.6 Å². The Labute approximate surface area is 149 Å². The molecular weight excluding hydrogens is 340 g/mol. The fourth-order valence-electron chi connectivity index (χ4n) is 2.52. The Bertz CT molecular complexity index is 970. The van der Waals surface area contributed by atoms with Crippen molar-refractivity contribution in [2.75, 3.05) is 12.5 Å². The van der Waals surface area contributed by atoms with Crippen LogP contribution < -0.4 is 10.2 Å². The molecule has 0 bridgehead atoms. The number of methoxy groups -OCH3 is 1. The van der Waals surface area contributed by atoms with Gasteiger partial charge in [-0.2, -0.15) is 5.10 Å². The predicted octanol–water partition coefficient (Wildman–Crippen LogP) is 4.65. The van der Waals surface area contributed by atoms with Crippen molar-refractivity contribution in [2.24, 2.45) is 5.10 Å². The maximum absolute atomic E-state index is 11.1. The normalized spacial score (nSPS) is 11.0. The van der Waals surface area contributed by atoms with Gasteiger partial charge in [-0.3, -0.25) is 5.43 Å². The molecule has 0 fully saturated rings. The summed E-state index contributed by atoms with van der Waals surface area (Å²) >= 11 is 5.86. The highest BCUT2D eigenvalue weighted by Gasteiger charge is 2.09. The van der Waals surface area contributed by atoms with Crippen LogP contribution in [-0.2, 0) is 0 Å². The molecular formula is C19H15ClN2O3. The van der Waals surface area contributed by atoms with Crippen LogP contribution >= 0.6 is 11.6 Å². The Balaban J connectivity index is 1.91. The van der Waals surface area contributed by atoms with E-state index in [-0.39, 0.29) is 10.6 Å². The molecule has 0 saturated carbocycles. The lowest BCUT2D eigenvalue weighted by atomic mass is 10.0. The molecule has 3 rings (SSSR count). The Morgan fingerprint density at radius 1 is 1.20 bits per heavy atom. The van der Waals surface area contributed by atoms with Crippen molar-refractivity contribution < 1.29 is 14.6 Å². The number of anilines is 1. The summed E-state index contributed by atoms with van der Waals surface area (Å²) in [6.45, 7) is 0. The summed E-state index contributed by atoms with van der Waals surface area (Å²) in [5, 5.41) is 15.6. The Morgan fingerprint density at radius 2 is 2.00 bits per heavy atom. The lowest BCUT2D eigenvalue weighted by Crippen LogP contribution is -1.99. The number of hydrogen-bond donors (Lipinski definition) is 2. The summed E-state index contributed by atoms with van der Waals surface area (Å²) in [5.41, 5.74) is 4.20. The third-order valence-corrected chi connectivity index (χ3v) is 4.06. The number of hydrazone groups is 1. The average Bonchev–Trinajstić information content (AvgIpc) is 2.62. The van der Waals surface area contributed by atoms with Crippen LogP contribution in [0, 0.1) is 0 Å². The average molecular weight is 355 g/mol. The van der Waals surface area contributed by atoms with E-state index >= 15 is 0 Å². The van der Waals surface area contributed by atoms with Crippen molar-refractivity contribution in [3.05, 3.63) is 70.7 Å². The van der Waals surface area contributed by atoms with Gasteiger partial charge in [-0.25, -0.2) is 4.79 Å². The van der Waals surface area contributed by atoms with Crippen LogP contribution in [0.2, 0.25) is 5.02 Å². The minimum atomic E-state index is -1.09. The molecule has 126 valence electrons. The van der Waals surface area contributed by atoms with Crippen LogP contribution in [0.15, 0.2) is 59.7 Å². The van der Waals surface area contributed by atoms with Crippen LogP contribution in [0.4, 0.5) is 5.69 Å². The van der Waals surface area contributed by atoms with E-state index in [2.05, 4.69) is 10.5 Å². The number of fused-ring (bicyclic) bond motifs is 1. The molecule has 6 heteroatoms. The molecule has 0 radical (unpaired) electrons. The molecule has 0 heterocycles. The molecule has 0 amide bonds. The molecule has 2 N–H and O–H groups in total. The monoisotopic (exact) mass is 354 g/mol. The number of carboxylic acid groups (broad SMARTS) is 1. The third-order valence-electron chi connectivity index (χ3n) is 3.73. The quantitative estimate of drug-likeness (QED) is 0.517. The van der Waals surface area contributed by atoms with Crippen molar-refractivity contribution in [3.8, 4) is 5.75 Å². The molecule has 3 aromatic rings. The Hall–Kier alpha value is -3.05. The van der Waals surface area contributed by atoms with Gasteiger partial charge >= 0.3 is 5.97 Å². The standard InChI is InChI=1S/C19H15ClN2O3/c1-25-18-9-6-12-4-2-3-5-14(12)16(18)11-21-22-13-7-8-17(20)15(10-13)19(23)24/h2-11,22H,1H3,(H,23,24)/b21-11-. The highest BCUT2D eigenvalue weighted by molar-refractivity contribution is 6.33. The number of carboxylic acids is 1. The highest BCUT2D eigenvalue weighted by atomic mass is 35.5. The van der Waals surface area contributed by atoms with E-state index in [1.165, 1.54) is 12.1 Å². The number of benzene rings is 3. The smallest absolute Gasteiger partial charge is 0.337 e. The number of rotatable bonds is 5. The molecule has 25 heavy (non-hydrogen) atoms. The van der Waals surface area contributed by atoms with Gasteiger partial charge in [0.2, 0.25) is 0 Å². The second-order valence-electron chi connectivity index (χ2n) is 5.27. The maximum Gasteiger partial charge on any atom is 0.337 e. The molecule has 0 spiro atoms. The second kappa shape index (κ2) is 7.23. The Morgan fingerprint density at radius 3 is 2.76 bits per heavy atom. The van der Waals surface area contributed by atoms with E-state index < -0.39 is 5.97 Å². The van der Waals surface area contributed by atoms with Crippen molar-refractivity contribution in [1.29, 1.82) is 0 Å². The molecule has 0 saturated heterocycles. The zero-order valence-electron chi connectivity index (χ0n) is 13.4. The third kappa shape index (κ3) is 3.56. The molecule has 0 aliphatic carbocycles.